The fourth-order valence-corrected chi connectivity index (χ4v) is 2.82. The Balaban J connectivity index is 1.46. The molecule has 0 saturated carbocycles. The van der Waals surface area contributed by atoms with Crippen LogP contribution in [0.5, 0.6) is 0 Å². The SMILES string of the molecule is Cc1ccc(-c2nnn(CC(=O)OCC(=O)NC(C)c3ccc(Br)cc3)n2)cc1. The van der Waals surface area contributed by atoms with Gasteiger partial charge in [-0.25, -0.2) is 4.79 Å². The maximum absolute atomic E-state index is 12.0. The molecule has 0 radical (unpaired) electrons. The molecule has 0 saturated heterocycles. The number of rotatable bonds is 7. The van der Waals surface area contributed by atoms with Crippen LogP contribution in [0.4, 0.5) is 0 Å². The van der Waals surface area contributed by atoms with Crippen molar-refractivity contribution in [1.29, 1.82) is 0 Å². The average molecular weight is 458 g/mol. The van der Waals surface area contributed by atoms with E-state index in [-0.39, 0.29) is 25.1 Å². The lowest BCUT2D eigenvalue weighted by atomic mass is 10.1. The summed E-state index contributed by atoms with van der Waals surface area (Å²) in [6.45, 7) is 3.24. The second kappa shape index (κ2) is 9.42. The van der Waals surface area contributed by atoms with Gasteiger partial charge in [0.15, 0.2) is 13.2 Å². The third-order valence-electron chi connectivity index (χ3n) is 4.14. The second-order valence-corrected chi connectivity index (χ2v) is 7.43. The Morgan fingerprint density at radius 3 is 2.52 bits per heavy atom. The molecule has 0 fully saturated rings. The maximum Gasteiger partial charge on any atom is 0.330 e. The molecule has 3 aromatic rings. The Bertz CT molecular complexity index is 986. The van der Waals surface area contributed by atoms with Gasteiger partial charge in [0, 0.05) is 10.0 Å². The molecule has 0 spiro atoms. The van der Waals surface area contributed by atoms with E-state index < -0.39 is 5.97 Å². The van der Waals surface area contributed by atoms with Crippen LogP contribution in [0.3, 0.4) is 0 Å². The van der Waals surface area contributed by atoms with Crippen molar-refractivity contribution in [2.24, 2.45) is 0 Å². The van der Waals surface area contributed by atoms with E-state index in [0.717, 1.165) is 26.0 Å². The Hall–Kier alpha value is -3.07. The van der Waals surface area contributed by atoms with Gasteiger partial charge in [0.25, 0.3) is 5.91 Å². The third-order valence-corrected chi connectivity index (χ3v) is 4.67. The van der Waals surface area contributed by atoms with Crippen molar-refractivity contribution in [2.75, 3.05) is 6.61 Å². The number of benzene rings is 2. The highest BCUT2D eigenvalue weighted by Crippen LogP contribution is 2.16. The lowest BCUT2D eigenvalue weighted by molar-refractivity contribution is -0.149. The van der Waals surface area contributed by atoms with Crippen LogP contribution in [-0.4, -0.2) is 38.7 Å². The lowest BCUT2D eigenvalue weighted by Crippen LogP contribution is -2.31. The monoisotopic (exact) mass is 457 g/mol. The summed E-state index contributed by atoms with van der Waals surface area (Å²) in [6.07, 6.45) is 0. The van der Waals surface area contributed by atoms with E-state index in [1.54, 1.807) is 0 Å². The molecule has 1 N–H and O–H groups in total. The van der Waals surface area contributed by atoms with Crippen LogP contribution in [0.1, 0.15) is 24.1 Å². The summed E-state index contributed by atoms with van der Waals surface area (Å²) < 4.78 is 5.97. The Morgan fingerprint density at radius 1 is 1.14 bits per heavy atom. The van der Waals surface area contributed by atoms with Gasteiger partial charge in [0.1, 0.15) is 0 Å². The fourth-order valence-electron chi connectivity index (χ4n) is 2.55. The van der Waals surface area contributed by atoms with E-state index >= 15 is 0 Å². The van der Waals surface area contributed by atoms with Crippen LogP contribution in [0.2, 0.25) is 0 Å². The molecule has 1 atom stereocenters. The van der Waals surface area contributed by atoms with Crippen LogP contribution in [-0.2, 0) is 20.9 Å². The number of esters is 1. The number of nitrogens with zero attached hydrogens (tertiary/aromatic N) is 4. The first-order valence-electron chi connectivity index (χ1n) is 8.96. The van der Waals surface area contributed by atoms with E-state index in [0.29, 0.717) is 5.82 Å². The highest BCUT2D eigenvalue weighted by atomic mass is 79.9. The average Bonchev–Trinajstić information content (AvgIpc) is 3.16. The standard InChI is InChI=1S/C20H20BrN5O3/c1-13-3-5-16(6-4-13)20-23-25-26(24-20)11-19(28)29-12-18(27)22-14(2)15-7-9-17(21)10-8-15/h3-10,14H,11-12H2,1-2H3,(H,22,27). The van der Waals surface area contributed by atoms with Gasteiger partial charge >= 0.3 is 5.97 Å². The van der Waals surface area contributed by atoms with Gasteiger partial charge in [-0.3, -0.25) is 4.79 Å². The molecule has 0 bridgehead atoms. The maximum atomic E-state index is 12.0. The highest BCUT2D eigenvalue weighted by molar-refractivity contribution is 9.10. The smallest absolute Gasteiger partial charge is 0.330 e. The van der Waals surface area contributed by atoms with Gasteiger partial charge in [0.2, 0.25) is 5.82 Å². The summed E-state index contributed by atoms with van der Waals surface area (Å²) in [5.41, 5.74) is 2.87. The molecule has 1 amide bonds. The molecule has 8 nitrogen and oxygen atoms in total. The zero-order valence-electron chi connectivity index (χ0n) is 16.0. The summed E-state index contributed by atoms with van der Waals surface area (Å²) in [7, 11) is 0. The van der Waals surface area contributed by atoms with Crippen molar-refractivity contribution >= 4 is 27.8 Å². The van der Waals surface area contributed by atoms with Crippen molar-refractivity contribution in [3.05, 3.63) is 64.1 Å². The summed E-state index contributed by atoms with van der Waals surface area (Å²) in [6, 6.07) is 15.0. The first-order chi connectivity index (χ1) is 13.9. The summed E-state index contributed by atoms with van der Waals surface area (Å²) in [4.78, 5) is 25.1. The van der Waals surface area contributed by atoms with Gasteiger partial charge in [-0.05, 0) is 36.8 Å². The van der Waals surface area contributed by atoms with Gasteiger partial charge in [-0.2, -0.15) is 4.80 Å². The van der Waals surface area contributed by atoms with E-state index in [1.807, 2.05) is 62.4 Å². The number of nitrogens with one attached hydrogen (secondary N) is 1. The molecule has 1 heterocycles. The van der Waals surface area contributed by atoms with Gasteiger partial charge in [-0.15, -0.1) is 10.2 Å². The van der Waals surface area contributed by atoms with Crippen LogP contribution in [0.25, 0.3) is 11.4 Å². The summed E-state index contributed by atoms with van der Waals surface area (Å²) in [5, 5.41) is 14.7. The van der Waals surface area contributed by atoms with Crippen molar-refractivity contribution in [2.45, 2.75) is 26.4 Å². The molecule has 1 unspecified atom stereocenters. The zero-order chi connectivity index (χ0) is 20.8. The normalized spacial score (nSPS) is 11.7. The summed E-state index contributed by atoms with van der Waals surface area (Å²) >= 11 is 3.37. The molecule has 0 aliphatic rings. The molecule has 150 valence electrons. The van der Waals surface area contributed by atoms with Crippen molar-refractivity contribution in [1.82, 2.24) is 25.5 Å². The van der Waals surface area contributed by atoms with E-state index in [9.17, 15) is 9.59 Å². The van der Waals surface area contributed by atoms with Crippen molar-refractivity contribution in [3.63, 3.8) is 0 Å². The van der Waals surface area contributed by atoms with E-state index in [1.165, 1.54) is 0 Å². The van der Waals surface area contributed by atoms with E-state index in [2.05, 4.69) is 36.7 Å². The molecule has 0 aliphatic carbocycles. The highest BCUT2D eigenvalue weighted by Gasteiger charge is 2.14. The van der Waals surface area contributed by atoms with E-state index in [4.69, 9.17) is 4.74 Å². The Kier molecular flexibility index (Phi) is 6.71. The van der Waals surface area contributed by atoms with Gasteiger partial charge in [0.05, 0.1) is 6.04 Å². The zero-order valence-corrected chi connectivity index (χ0v) is 17.6. The molecule has 3 rings (SSSR count). The minimum absolute atomic E-state index is 0.205. The lowest BCUT2D eigenvalue weighted by Gasteiger charge is -2.14. The van der Waals surface area contributed by atoms with Gasteiger partial charge in [-0.1, -0.05) is 57.9 Å². The largest absolute Gasteiger partial charge is 0.454 e. The topological polar surface area (TPSA) is 99.0 Å². The predicted octanol–water partition coefficient (Wildman–Crippen LogP) is 2.83. The molecule has 1 aromatic heterocycles. The second-order valence-electron chi connectivity index (χ2n) is 6.51. The molecular formula is C20H20BrN5O3. The summed E-state index contributed by atoms with van der Waals surface area (Å²) in [5.74, 6) is -0.594. The number of halogens is 1. The molecule has 29 heavy (non-hydrogen) atoms. The minimum atomic E-state index is -0.621. The number of aryl methyl sites for hydroxylation is 1. The number of ether oxygens (including phenoxy) is 1. The predicted molar refractivity (Wildman–Crippen MR) is 110 cm³/mol. The Morgan fingerprint density at radius 2 is 1.83 bits per heavy atom. The van der Waals surface area contributed by atoms with Crippen LogP contribution in [0.15, 0.2) is 53.0 Å². The number of amides is 1. The number of carbonyl (C=O) groups is 2. The van der Waals surface area contributed by atoms with Crippen LogP contribution >= 0.6 is 15.9 Å². The van der Waals surface area contributed by atoms with Crippen LogP contribution < -0.4 is 5.32 Å². The van der Waals surface area contributed by atoms with Gasteiger partial charge < -0.3 is 10.1 Å². The number of carbonyl (C=O) groups excluding carboxylic acids is 2. The number of aromatic nitrogens is 4. The van der Waals surface area contributed by atoms with Crippen molar-refractivity contribution < 1.29 is 14.3 Å². The number of hydrogen-bond donors (Lipinski definition) is 1. The third kappa shape index (κ3) is 5.95. The molecule has 2 aromatic carbocycles. The molecule has 0 aliphatic heterocycles. The molecular weight excluding hydrogens is 438 g/mol. The quantitative estimate of drug-likeness (QED) is 0.547. The number of hydrogen-bond acceptors (Lipinski definition) is 6. The first-order valence-corrected chi connectivity index (χ1v) is 9.75. The minimum Gasteiger partial charge on any atom is -0.454 e. The molecule has 9 heteroatoms. The van der Waals surface area contributed by atoms with Crippen molar-refractivity contribution in [3.8, 4) is 11.4 Å². The number of tetrazole rings is 1. The van der Waals surface area contributed by atoms with Crippen LogP contribution in [0, 0.1) is 6.92 Å². The first kappa shape index (κ1) is 20.7. The fraction of sp³-hybridized carbons (Fsp3) is 0.250. The Labute approximate surface area is 176 Å².